The number of benzene rings is 2. The second kappa shape index (κ2) is 9.87. The highest BCUT2D eigenvalue weighted by Crippen LogP contribution is 2.28. The van der Waals surface area contributed by atoms with Gasteiger partial charge in [-0.3, -0.25) is 4.79 Å². The van der Waals surface area contributed by atoms with Crippen LogP contribution in [0.2, 0.25) is 0 Å². The van der Waals surface area contributed by atoms with E-state index in [0.29, 0.717) is 18.2 Å². The van der Waals surface area contributed by atoms with Gasteiger partial charge in [-0.2, -0.15) is 4.68 Å². The molecule has 29 heavy (non-hydrogen) atoms. The van der Waals surface area contributed by atoms with Crippen molar-refractivity contribution in [1.29, 1.82) is 0 Å². The van der Waals surface area contributed by atoms with Gasteiger partial charge in [0.05, 0.1) is 17.0 Å². The van der Waals surface area contributed by atoms with Crippen molar-refractivity contribution in [2.24, 2.45) is 11.7 Å². The fraction of sp³-hybridized carbons (Fsp3) is 0.300. The van der Waals surface area contributed by atoms with E-state index in [0.717, 1.165) is 41.5 Å². The molecule has 2 heterocycles. The average Bonchev–Trinajstić information content (AvgIpc) is 3.42. The Bertz CT molecular complexity index is 951. The molecule has 1 saturated heterocycles. The first-order chi connectivity index (χ1) is 13.8. The number of halogens is 1. The number of carbonyl (C=O) groups is 1. The maximum atomic E-state index is 13.0. The van der Waals surface area contributed by atoms with Crippen molar-refractivity contribution in [1.82, 2.24) is 25.1 Å². The Hall–Kier alpha value is -2.42. The van der Waals surface area contributed by atoms with E-state index in [1.165, 1.54) is 0 Å². The standard InChI is InChI=1S/C20H22N6OS.ClH/c21-12-15-10-11-25(13-15)20(27)17-8-4-5-9-18(17)28-14-19-22-23-24-26(19)16-6-2-1-3-7-16;/h1-9,15H,10-14,21H2;1H. The highest BCUT2D eigenvalue weighted by atomic mass is 35.5. The fourth-order valence-electron chi connectivity index (χ4n) is 3.36. The lowest BCUT2D eigenvalue weighted by Gasteiger charge is -2.18. The van der Waals surface area contributed by atoms with Gasteiger partial charge >= 0.3 is 0 Å². The van der Waals surface area contributed by atoms with Crippen LogP contribution in [-0.4, -0.2) is 50.6 Å². The second-order valence-electron chi connectivity index (χ2n) is 6.77. The van der Waals surface area contributed by atoms with Crippen LogP contribution in [0.15, 0.2) is 59.5 Å². The van der Waals surface area contributed by atoms with Gasteiger partial charge in [0.25, 0.3) is 5.91 Å². The number of para-hydroxylation sites is 1. The summed E-state index contributed by atoms with van der Waals surface area (Å²) in [5.74, 6) is 1.78. The van der Waals surface area contributed by atoms with Gasteiger partial charge in [0.2, 0.25) is 0 Å². The Morgan fingerprint density at radius 2 is 1.90 bits per heavy atom. The third-order valence-electron chi connectivity index (χ3n) is 4.92. The predicted octanol–water partition coefficient (Wildman–Crippen LogP) is 2.80. The highest BCUT2D eigenvalue weighted by Gasteiger charge is 2.27. The smallest absolute Gasteiger partial charge is 0.254 e. The third kappa shape index (κ3) is 4.77. The van der Waals surface area contributed by atoms with E-state index in [9.17, 15) is 4.79 Å². The summed E-state index contributed by atoms with van der Waals surface area (Å²) in [6, 6.07) is 17.5. The van der Waals surface area contributed by atoms with Crippen LogP contribution >= 0.6 is 24.2 Å². The molecule has 0 aliphatic carbocycles. The summed E-state index contributed by atoms with van der Waals surface area (Å²) in [6.45, 7) is 2.13. The quantitative estimate of drug-likeness (QED) is 0.605. The summed E-state index contributed by atoms with van der Waals surface area (Å²) in [5.41, 5.74) is 7.41. The molecule has 1 fully saturated rings. The molecule has 1 amide bonds. The Kier molecular flexibility index (Phi) is 7.24. The Morgan fingerprint density at radius 1 is 1.14 bits per heavy atom. The van der Waals surface area contributed by atoms with E-state index >= 15 is 0 Å². The van der Waals surface area contributed by atoms with Crippen molar-refractivity contribution < 1.29 is 4.79 Å². The van der Waals surface area contributed by atoms with Gasteiger partial charge < -0.3 is 10.6 Å². The lowest BCUT2D eigenvalue weighted by Crippen LogP contribution is -2.30. The summed E-state index contributed by atoms with van der Waals surface area (Å²) in [5, 5.41) is 12.1. The molecule has 0 bridgehead atoms. The zero-order valence-electron chi connectivity index (χ0n) is 15.8. The Balaban J connectivity index is 0.00000240. The van der Waals surface area contributed by atoms with Gasteiger partial charge in [-0.25, -0.2) is 0 Å². The second-order valence-corrected chi connectivity index (χ2v) is 7.79. The molecule has 2 N–H and O–H groups in total. The number of carbonyl (C=O) groups excluding carboxylic acids is 1. The topological polar surface area (TPSA) is 89.9 Å². The number of hydrogen-bond donors (Lipinski definition) is 1. The number of aromatic nitrogens is 4. The fourth-order valence-corrected chi connectivity index (χ4v) is 4.31. The minimum absolute atomic E-state index is 0. The lowest BCUT2D eigenvalue weighted by atomic mass is 10.1. The van der Waals surface area contributed by atoms with E-state index in [2.05, 4.69) is 15.5 Å². The van der Waals surface area contributed by atoms with Gasteiger partial charge in [0.1, 0.15) is 0 Å². The molecule has 9 heteroatoms. The van der Waals surface area contributed by atoms with E-state index in [4.69, 9.17) is 5.73 Å². The zero-order valence-corrected chi connectivity index (χ0v) is 17.5. The number of likely N-dealkylation sites (tertiary alicyclic amines) is 1. The highest BCUT2D eigenvalue weighted by molar-refractivity contribution is 7.98. The van der Waals surface area contributed by atoms with Crippen LogP contribution in [0.1, 0.15) is 22.6 Å². The number of rotatable bonds is 6. The minimum atomic E-state index is 0. The molecule has 1 aromatic heterocycles. The lowest BCUT2D eigenvalue weighted by molar-refractivity contribution is 0.0784. The zero-order chi connectivity index (χ0) is 19.3. The summed E-state index contributed by atoms with van der Waals surface area (Å²) < 4.78 is 1.73. The SMILES string of the molecule is Cl.NCC1CCN(C(=O)c2ccccc2SCc2nnnn2-c2ccccc2)C1. The van der Waals surface area contributed by atoms with E-state index in [-0.39, 0.29) is 18.3 Å². The molecular formula is C20H23ClN6OS. The van der Waals surface area contributed by atoms with E-state index in [1.54, 1.807) is 16.4 Å². The average molecular weight is 431 g/mol. The van der Waals surface area contributed by atoms with Crippen molar-refractivity contribution in [2.75, 3.05) is 19.6 Å². The molecule has 0 spiro atoms. The van der Waals surface area contributed by atoms with Gasteiger partial charge in [0, 0.05) is 18.0 Å². The molecule has 152 valence electrons. The molecule has 4 rings (SSSR count). The molecule has 1 unspecified atom stereocenters. The first-order valence-electron chi connectivity index (χ1n) is 9.30. The molecule has 0 radical (unpaired) electrons. The molecule has 0 saturated carbocycles. The largest absolute Gasteiger partial charge is 0.338 e. The van der Waals surface area contributed by atoms with Crippen LogP contribution in [-0.2, 0) is 5.75 Å². The van der Waals surface area contributed by atoms with Crippen LogP contribution in [0.25, 0.3) is 5.69 Å². The van der Waals surface area contributed by atoms with Gasteiger partial charge in [-0.15, -0.1) is 29.3 Å². The van der Waals surface area contributed by atoms with Crippen LogP contribution in [0, 0.1) is 5.92 Å². The molecule has 3 aromatic rings. The molecular weight excluding hydrogens is 408 g/mol. The number of hydrogen-bond acceptors (Lipinski definition) is 6. The van der Waals surface area contributed by atoms with E-state index < -0.39 is 0 Å². The van der Waals surface area contributed by atoms with Crippen molar-refractivity contribution in [3.05, 3.63) is 66.0 Å². The summed E-state index contributed by atoms with van der Waals surface area (Å²) in [4.78, 5) is 15.8. The molecule has 1 atom stereocenters. The predicted molar refractivity (Wildman–Crippen MR) is 115 cm³/mol. The summed E-state index contributed by atoms with van der Waals surface area (Å²) in [7, 11) is 0. The third-order valence-corrected chi connectivity index (χ3v) is 5.99. The molecule has 2 aromatic carbocycles. The van der Waals surface area contributed by atoms with Crippen molar-refractivity contribution in [3.63, 3.8) is 0 Å². The summed E-state index contributed by atoms with van der Waals surface area (Å²) in [6.07, 6.45) is 0.976. The number of thioether (sulfide) groups is 1. The van der Waals surface area contributed by atoms with Crippen LogP contribution < -0.4 is 5.73 Å². The molecule has 7 nitrogen and oxygen atoms in total. The Morgan fingerprint density at radius 3 is 2.66 bits per heavy atom. The first kappa shape index (κ1) is 21.3. The Labute approximate surface area is 180 Å². The number of amides is 1. The van der Waals surface area contributed by atoms with Crippen molar-refractivity contribution in [3.8, 4) is 5.69 Å². The minimum Gasteiger partial charge on any atom is -0.338 e. The van der Waals surface area contributed by atoms with Gasteiger partial charge in [-0.1, -0.05) is 30.3 Å². The normalized spacial score (nSPS) is 15.9. The van der Waals surface area contributed by atoms with E-state index in [1.807, 2.05) is 59.5 Å². The number of tetrazole rings is 1. The number of nitrogens with two attached hydrogens (primary N) is 1. The maximum absolute atomic E-state index is 13.0. The summed E-state index contributed by atoms with van der Waals surface area (Å²) >= 11 is 1.57. The van der Waals surface area contributed by atoms with Crippen LogP contribution in [0.3, 0.4) is 0 Å². The monoisotopic (exact) mass is 430 g/mol. The first-order valence-corrected chi connectivity index (χ1v) is 10.3. The van der Waals surface area contributed by atoms with Crippen molar-refractivity contribution in [2.45, 2.75) is 17.1 Å². The molecule has 1 aliphatic heterocycles. The number of nitrogens with zero attached hydrogens (tertiary/aromatic N) is 5. The van der Waals surface area contributed by atoms with Crippen LogP contribution in [0.5, 0.6) is 0 Å². The van der Waals surface area contributed by atoms with Crippen molar-refractivity contribution >= 4 is 30.1 Å². The molecule has 1 aliphatic rings. The van der Waals surface area contributed by atoms with Crippen LogP contribution in [0.4, 0.5) is 0 Å². The maximum Gasteiger partial charge on any atom is 0.254 e. The van der Waals surface area contributed by atoms with Gasteiger partial charge in [-0.05, 0) is 53.6 Å². The van der Waals surface area contributed by atoms with Gasteiger partial charge in [0.15, 0.2) is 5.82 Å².